The van der Waals surface area contributed by atoms with Gasteiger partial charge in [-0.05, 0) is 12.1 Å². The van der Waals surface area contributed by atoms with Crippen molar-refractivity contribution in [2.45, 2.75) is 6.10 Å². The van der Waals surface area contributed by atoms with Crippen LogP contribution in [0.5, 0.6) is 5.75 Å². The van der Waals surface area contributed by atoms with Crippen LogP contribution in [0.2, 0.25) is 0 Å². The molecule has 0 saturated carbocycles. The van der Waals surface area contributed by atoms with Crippen molar-refractivity contribution >= 4 is 18.3 Å². The fourth-order valence-electron chi connectivity index (χ4n) is 1.45. The number of carboxylic acid groups (broad SMARTS) is 1. The number of fused-ring (bicyclic) bond motifs is 1. The number of para-hydroxylation sites is 1. The van der Waals surface area contributed by atoms with E-state index in [0.29, 0.717) is 12.0 Å². The summed E-state index contributed by atoms with van der Waals surface area (Å²) in [4.78, 5) is 21.5. The van der Waals surface area contributed by atoms with Crippen molar-refractivity contribution in [3.05, 3.63) is 35.4 Å². The second-order valence-electron chi connectivity index (χ2n) is 3.14. The molecule has 0 amide bonds. The molecule has 0 bridgehead atoms. The van der Waals surface area contributed by atoms with Crippen LogP contribution < -0.4 is 4.74 Å². The van der Waals surface area contributed by atoms with Crippen molar-refractivity contribution < 1.29 is 19.4 Å². The summed E-state index contributed by atoms with van der Waals surface area (Å²) in [6, 6.07) is 6.97. The van der Waals surface area contributed by atoms with Crippen LogP contribution in [0.1, 0.15) is 5.56 Å². The number of benzene rings is 1. The summed E-state index contributed by atoms with van der Waals surface area (Å²) in [5.41, 5.74) is 0.846. The zero-order valence-electron chi connectivity index (χ0n) is 7.71. The van der Waals surface area contributed by atoms with E-state index in [4.69, 9.17) is 9.84 Å². The predicted molar refractivity (Wildman–Crippen MR) is 52.5 cm³/mol. The highest BCUT2D eigenvalue weighted by molar-refractivity contribution is 5.94. The van der Waals surface area contributed by atoms with Gasteiger partial charge in [0.25, 0.3) is 0 Å². The van der Waals surface area contributed by atoms with Gasteiger partial charge in [0, 0.05) is 11.1 Å². The molecule has 1 atom stereocenters. The van der Waals surface area contributed by atoms with E-state index < -0.39 is 12.1 Å². The van der Waals surface area contributed by atoms with Crippen molar-refractivity contribution in [2.24, 2.45) is 0 Å². The molecule has 1 aromatic rings. The maximum absolute atomic E-state index is 10.8. The Balaban J connectivity index is 2.48. The van der Waals surface area contributed by atoms with Crippen LogP contribution in [0.4, 0.5) is 0 Å². The standard InChI is InChI=1S/C11H8O4/c12-6-8-5-7-3-1-2-4-9(7)15-10(8)11(13)14/h1-6,10H,(H,13,14). The maximum Gasteiger partial charge on any atom is 0.349 e. The zero-order chi connectivity index (χ0) is 10.8. The normalized spacial score (nSPS) is 18.4. The van der Waals surface area contributed by atoms with Crippen molar-refractivity contribution in [3.8, 4) is 5.75 Å². The minimum atomic E-state index is -1.20. The summed E-state index contributed by atoms with van der Waals surface area (Å²) in [6.07, 6.45) is 0.844. The molecule has 1 aromatic carbocycles. The smallest absolute Gasteiger partial charge is 0.349 e. The molecule has 1 unspecified atom stereocenters. The SMILES string of the molecule is O=CC1=Cc2ccccc2OC1C(=O)O. The van der Waals surface area contributed by atoms with Crippen LogP contribution in [0, 0.1) is 0 Å². The Morgan fingerprint density at radius 1 is 1.40 bits per heavy atom. The van der Waals surface area contributed by atoms with E-state index in [1.165, 1.54) is 6.08 Å². The molecule has 0 aliphatic carbocycles. The van der Waals surface area contributed by atoms with E-state index in [1.54, 1.807) is 24.3 Å². The minimum absolute atomic E-state index is 0.126. The van der Waals surface area contributed by atoms with Crippen LogP contribution in [0.25, 0.3) is 6.08 Å². The van der Waals surface area contributed by atoms with Crippen molar-refractivity contribution in [3.63, 3.8) is 0 Å². The Kier molecular flexibility index (Phi) is 2.25. The Morgan fingerprint density at radius 3 is 2.80 bits per heavy atom. The highest BCUT2D eigenvalue weighted by atomic mass is 16.5. The lowest BCUT2D eigenvalue weighted by Gasteiger charge is -2.21. The number of hydrogen-bond acceptors (Lipinski definition) is 3. The lowest BCUT2D eigenvalue weighted by molar-refractivity contribution is -0.143. The average molecular weight is 204 g/mol. The highest BCUT2D eigenvalue weighted by Crippen LogP contribution is 2.28. The number of ether oxygens (including phenoxy) is 1. The number of carbonyl (C=O) groups is 2. The topological polar surface area (TPSA) is 63.6 Å². The maximum atomic E-state index is 10.8. The number of rotatable bonds is 2. The number of hydrogen-bond donors (Lipinski definition) is 1. The van der Waals surface area contributed by atoms with Gasteiger partial charge < -0.3 is 9.84 Å². The van der Waals surface area contributed by atoms with Gasteiger partial charge in [0.2, 0.25) is 6.10 Å². The van der Waals surface area contributed by atoms with E-state index in [0.717, 1.165) is 5.56 Å². The molecule has 1 aliphatic rings. The summed E-state index contributed by atoms with van der Waals surface area (Å²) in [6.45, 7) is 0. The van der Waals surface area contributed by atoms with Gasteiger partial charge in [0.05, 0.1) is 0 Å². The first-order valence-corrected chi connectivity index (χ1v) is 4.37. The average Bonchev–Trinajstić information content (AvgIpc) is 2.27. The fourth-order valence-corrected chi connectivity index (χ4v) is 1.45. The fraction of sp³-hybridized carbons (Fsp3) is 0.0909. The molecule has 4 heteroatoms. The quantitative estimate of drug-likeness (QED) is 0.733. The Hall–Kier alpha value is -2.10. The van der Waals surface area contributed by atoms with Crippen LogP contribution in [0.3, 0.4) is 0 Å². The summed E-state index contributed by atoms with van der Waals surface area (Å²) in [7, 11) is 0. The molecule has 4 nitrogen and oxygen atoms in total. The van der Waals surface area contributed by atoms with Gasteiger partial charge in [-0.25, -0.2) is 4.79 Å². The van der Waals surface area contributed by atoms with Gasteiger partial charge in [0.15, 0.2) is 0 Å². The molecule has 0 radical (unpaired) electrons. The molecule has 0 aromatic heterocycles. The molecule has 0 spiro atoms. The molecule has 2 rings (SSSR count). The van der Waals surface area contributed by atoms with Crippen molar-refractivity contribution in [1.29, 1.82) is 0 Å². The lowest BCUT2D eigenvalue weighted by Crippen LogP contribution is -2.31. The molecule has 1 aliphatic heterocycles. The van der Waals surface area contributed by atoms with E-state index >= 15 is 0 Å². The molecular formula is C11H8O4. The molecule has 0 fully saturated rings. The summed E-state index contributed by atoms with van der Waals surface area (Å²) in [5.74, 6) is -0.682. The van der Waals surface area contributed by atoms with Crippen LogP contribution >= 0.6 is 0 Å². The second-order valence-corrected chi connectivity index (χ2v) is 3.14. The molecule has 76 valence electrons. The predicted octanol–water partition coefficient (Wildman–Crippen LogP) is 1.11. The molecule has 0 saturated heterocycles. The van der Waals surface area contributed by atoms with Crippen LogP contribution in [0.15, 0.2) is 29.8 Å². The van der Waals surface area contributed by atoms with E-state index in [1.807, 2.05) is 0 Å². The third-order valence-electron chi connectivity index (χ3n) is 2.15. The Morgan fingerprint density at radius 2 is 2.13 bits per heavy atom. The van der Waals surface area contributed by atoms with E-state index in [-0.39, 0.29) is 5.57 Å². The molecular weight excluding hydrogens is 196 g/mol. The molecule has 1 N–H and O–H groups in total. The number of aldehydes is 1. The first kappa shape index (κ1) is 9.45. The summed E-state index contributed by atoms with van der Waals surface area (Å²) >= 11 is 0. The third kappa shape index (κ3) is 1.61. The largest absolute Gasteiger partial charge is 0.478 e. The summed E-state index contributed by atoms with van der Waals surface area (Å²) in [5, 5.41) is 8.84. The number of carbonyl (C=O) groups excluding carboxylic acids is 1. The third-order valence-corrected chi connectivity index (χ3v) is 2.15. The van der Waals surface area contributed by atoms with Gasteiger partial charge in [-0.3, -0.25) is 4.79 Å². The number of carboxylic acids is 1. The van der Waals surface area contributed by atoms with Gasteiger partial charge in [0.1, 0.15) is 12.0 Å². The first-order chi connectivity index (χ1) is 7.22. The first-order valence-electron chi connectivity index (χ1n) is 4.37. The lowest BCUT2D eigenvalue weighted by atomic mass is 10.0. The highest BCUT2D eigenvalue weighted by Gasteiger charge is 2.28. The van der Waals surface area contributed by atoms with Crippen LogP contribution in [-0.2, 0) is 9.59 Å². The van der Waals surface area contributed by atoms with Gasteiger partial charge >= 0.3 is 5.97 Å². The van der Waals surface area contributed by atoms with Crippen molar-refractivity contribution in [1.82, 2.24) is 0 Å². The number of aliphatic carboxylic acids is 1. The Labute approximate surface area is 85.8 Å². The van der Waals surface area contributed by atoms with Crippen LogP contribution in [-0.4, -0.2) is 23.5 Å². The molecule has 1 heterocycles. The second kappa shape index (κ2) is 3.57. The van der Waals surface area contributed by atoms with E-state index in [9.17, 15) is 9.59 Å². The monoisotopic (exact) mass is 204 g/mol. The zero-order valence-corrected chi connectivity index (χ0v) is 7.71. The van der Waals surface area contributed by atoms with E-state index in [2.05, 4.69) is 0 Å². The van der Waals surface area contributed by atoms with Gasteiger partial charge in [-0.1, -0.05) is 18.2 Å². The van der Waals surface area contributed by atoms with Crippen molar-refractivity contribution in [2.75, 3.05) is 0 Å². The molecule has 15 heavy (non-hydrogen) atoms. The minimum Gasteiger partial charge on any atom is -0.478 e. The summed E-state index contributed by atoms with van der Waals surface area (Å²) < 4.78 is 5.20. The Bertz CT molecular complexity index is 448. The van der Waals surface area contributed by atoms with Gasteiger partial charge in [-0.15, -0.1) is 0 Å². The van der Waals surface area contributed by atoms with Gasteiger partial charge in [-0.2, -0.15) is 0 Å².